The topological polar surface area (TPSA) is 38.0 Å². The number of aryl methyl sites for hydroxylation is 1. The molecular weight excluding hydrogens is 204 g/mol. The van der Waals surface area contributed by atoms with Crippen molar-refractivity contribution in [1.82, 2.24) is 0 Å². The lowest BCUT2D eigenvalue weighted by molar-refractivity contribution is 1.13. The molecule has 0 aromatic heterocycles. The molecule has 1 aromatic rings. The van der Waals surface area contributed by atoms with E-state index in [1.807, 2.05) is 12.1 Å². The summed E-state index contributed by atoms with van der Waals surface area (Å²) in [4.78, 5) is 0. The van der Waals surface area contributed by atoms with E-state index in [1.165, 1.54) is 5.56 Å². The summed E-state index contributed by atoms with van der Waals surface area (Å²) in [5, 5.41) is 0. The summed E-state index contributed by atoms with van der Waals surface area (Å²) in [6.45, 7) is 2.11. The van der Waals surface area contributed by atoms with Crippen molar-refractivity contribution in [3.8, 4) is 0 Å². The maximum absolute atomic E-state index is 5.29. The second kappa shape index (κ2) is 3.74. The number of nitrogens with two attached hydrogens (primary N) is 1. The van der Waals surface area contributed by atoms with Gasteiger partial charge in [0.05, 0.1) is 5.69 Å². The number of hydrogen-bond acceptors (Lipinski definition) is 2. The molecule has 0 spiro atoms. The molecule has 11 heavy (non-hydrogen) atoms. The molecule has 0 bridgehead atoms. The number of nitrogen functional groups attached to an aromatic ring is 1. The zero-order valence-corrected chi connectivity index (χ0v) is 7.98. The highest BCUT2D eigenvalue weighted by Gasteiger charge is 1.97. The van der Waals surface area contributed by atoms with Crippen molar-refractivity contribution >= 4 is 21.6 Å². The summed E-state index contributed by atoms with van der Waals surface area (Å²) in [6, 6.07) is 6.10. The van der Waals surface area contributed by atoms with E-state index in [2.05, 4.69) is 34.3 Å². The molecule has 0 aliphatic heterocycles. The summed E-state index contributed by atoms with van der Waals surface area (Å²) in [6.07, 6.45) is 1.03. The van der Waals surface area contributed by atoms with Gasteiger partial charge in [-0.2, -0.15) is 0 Å². The molecule has 0 atom stereocenters. The summed E-state index contributed by atoms with van der Waals surface area (Å²) in [5.74, 6) is 5.29. The molecule has 1 rings (SSSR count). The van der Waals surface area contributed by atoms with E-state index >= 15 is 0 Å². The first-order valence-corrected chi connectivity index (χ1v) is 4.32. The number of hydrazine groups is 1. The molecule has 0 saturated carbocycles. The lowest BCUT2D eigenvalue weighted by atomic mass is 10.1. The van der Waals surface area contributed by atoms with Crippen LogP contribution in [-0.4, -0.2) is 0 Å². The van der Waals surface area contributed by atoms with Crippen LogP contribution in [0.4, 0.5) is 5.69 Å². The molecule has 3 N–H and O–H groups in total. The van der Waals surface area contributed by atoms with E-state index < -0.39 is 0 Å². The SMILES string of the molecule is CCc1ccc(Br)c(NN)c1. The van der Waals surface area contributed by atoms with Crippen molar-refractivity contribution in [2.75, 3.05) is 5.43 Å². The Morgan fingerprint density at radius 3 is 2.82 bits per heavy atom. The van der Waals surface area contributed by atoms with Crippen molar-refractivity contribution in [3.05, 3.63) is 28.2 Å². The molecule has 2 nitrogen and oxygen atoms in total. The standard InChI is InChI=1S/C8H11BrN2/c1-2-6-3-4-7(9)8(5-6)11-10/h3-5,11H,2,10H2,1H3. The highest BCUT2D eigenvalue weighted by Crippen LogP contribution is 2.22. The van der Waals surface area contributed by atoms with Gasteiger partial charge in [0, 0.05) is 4.47 Å². The van der Waals surface area contributed by atoms with E-state index in [1.54, 1.807) is 0 Å². The first kappa shape index (κ1) is 8.56. The second-order valence-corrected chi connectivity index (χ2v) is 3.17. The van der Waals surface area contributed by atoms with Gasteiger partial charge in [0.25, 0.3) is 0 Å². The second-order valence-electron chi connectivity index (χ2n) is 2.31. The van der Waals surface area contributed by atoms with Gasteiger partial charge in [0.15, 0.2) is 0 Å². The van der Waals surface area contributed by atoms with Crippen LogP contribution in [0.1, 0.15) is 12.5 Å². The van der Waals surface area contributed by atoms with Crippen LogP contribution < -0.4 is 11.3 Å². The molecule has 0 unspecified atom stereocenters. The quantitative estimate of drug-likeness (QED) is 0.586. The summed E-state index contributed by atoms with van der Waals surface area (Å²) < 4.78 is 0.997. The number of anilines is 1. The van der Waals surface area contributed by atoms with Gasteiger partial charge in [0.1, 0.15) is 0 Å². The molecule has 0 aliphatic carbocycles. The van der Waals surface area contributed by atoms with E-state index in [4.69, 9.17) is 5.84 Å². The fraction of sp³-hybridized carbons (Fsp3) is 0.250. The Morgan fingerprint density at radius 1 is 1.55 bits per heavy atom. The molecule has 0 fully saturated rings. The van der Waals surface area contributed by atoms with Gasteiger partial charge in [-0.25, -0.2) is 0 Å². The largest absolute Gasteiger partial charge is 0.323 e. The Labute approximate surface area is 74.9 Å². The van der Waals surface area contributed by atoms with Gasteiger partial charge in [0.2, 0.25) is 0 Å². The van der Waals surface area contributed by atoms with Crippen LogP contribution in [0.5, 0.6) is 0 Å². The van der Waals surface area contributed by atoms with E-state index in [0.29, 0.717) is 0 Å². The fourth-order valence-electron chi connectivity index (χ4n) is 0.903. The minimum absolute atomic E-state index is 0.935. The number of hydrogen-bond donors (Lipinski definition) is 2. The van der Waals surface area contributed by atoms with Crippen molar-refractivity contribution in [2.24, 2.45) is 5.84 Å². The van der Waals surface area contributed by atoms with Gasteiger partial charge >= 0.3 is 0 Å². The van der Waals surface area contributed by atoms with Crippen LogP contribution in [0.2, 0.25) is 0 Å². The van der Waals surface area contributed by atoms with E-state index in [0.717, 1.165) is 16.6 Å². The normalized spacial score (nSPS) is 9.73. The van der Waals surface area contributed by atoms with Crippen LogP contribution in [0.3, 0.4) is 0 Å². The average molecular weight is 215 g/mol. The molecule has 0 heterocycles. The number of rotatable bonds is 2. The van der Waals surface area contributed by atoms with Gasteiger partial charge in [-0.1, -0.05) is 13.0 Å². The van der Waals surface area contributed by atoms with Gasteiger partial charge in [-0.15, -0.1) is 0 Å². The van der Waals surface area contributed by atoms with Gasteiger partial charge < -0.3 is 5.43 Å². The van der Waals surface area contributed by atoms with Crippen LogP contribution >= 0.6 is 15.9 Å². The lowest BCUT2D eigenvalue weighted by Gasteiger charge is -2.04. The molecule has 0 saturated heterocycles. The van der Waals surface area contributed by atoms with Crippen LogP contribution in [0, 0.1) is 0 Å². The smallest absolute Gasteiger partial charge is 0.0629 e. The molecular formula is C8H11BrN2. The summed E-state index contributed by atoms with van der Waals surface area (Å²) >= 11 is 3.38. The van der Waals surface area contributed by atoms with E-state index in [9.17, 15) is 0 Å². The molecule has 0 amide bonds. The van der Waals surface area contributed by atoms with Crippen LogP contribution in [-0.2, 0) is 6.42 Å². The molecule has 0 aliphatic rings. The highest BCUT2D eigenvalue weighted by atomic mass is 79.9. The maximum Gasteiger partial charge on any atom is 0.0629 e. The van der Waals surface area contributed by atoms with Crippen molar-refractivity contribution < 1.29 is 0 Å². The third kappa shape index (κ3) is 1.94. The van der Waals surface area contributed by atoms with Crippen molar-refractivity contribution in [2.45, 2.75) is 13.3 Å². The first-order chi connectivity index (χ1) is 5.27. The molecule has 1 aromatic carbocycles. The monoisotopic (exact) mass is 214 g/mol. The van der Waals surface area contributed by atoms with E-state index in [-0.39, 0.29) is 0 Å². The molecule has 3 heteroatoms. The molecule has 0 radical (unpaired) electrons. The highest BCUT2D eigenvalue weighted by molar-refractivity contribution is 9.10. The number of benzene rings is 1. The zero-order chi connectivity index (χ0) is 8.27. The molecule has 60 valence electrons. The van der Waals surface area contributed by atoms with Crippen LogP contribution in [0.25, 0.3) is 0 Å². The lowest BCUT2D eigenvalue weighted by Crippen LogP contribution is -2.07. The van der Waals surface area contributed by atoms with Gasteiger partial charge in [-0.3, -0.25) is 5.84 Å². The van der Waals surface area contributed by atoms with Crippen molar-refractivity contribution in [3.63, 3.8) is 0 Å². The van der Waals surface area contributed by atoms with Crippen LogP contribution in [0.15, 0.2) is 22.7 Å². The Morgan fingerprint density at radius 2 is 2.27 bits per heavy atom. The minimum atomic E-state index is 0.935. The third-order valence-corrected chi connectivity index (χ3v) is 2.29. The number of halogens is 1. The fourth-order valence-corrected chi connectivity index (χ4v) is 1.26. The Balaban J connectivity index is 3.02. The Bertz CT molecular complexity index is 248. The Hall–Kier alpha value is -0.540. The minimum Gasteiger partial charge on any atom is -0.323 e. The average Bonchev–Trinajstić information content (AvgIpc) is 2.05. The maximum atomic E-state index is 5.29. The summed E-state index contributed by atoms with van der Waals surface area (Å²) in [5.41, 5.74) is 4.84. The predicted molar refractivity (Wildman–Crippen MR) is 51.3 cm³/mol. The third-order valence-electron chi connectivity index (χ3n) is 1.59. The zero-order valence-electron chi connectivity index (χ0n) is 6.39. The Kier molecular flexibility index (Phi) is 2.91. The predicted octanol–water partition coefficient (Wildman–Crippen LogP) is 2.30. The number of nitrogens with one attached hydrogen (secondary N) is 1. The van der Waals surface area contributed by atoms with Gasteiger partial charge in [-0.05, 0) is 40.0 Å². The summed E-state index contributed by atoms with van der Waals surface area (Å²) in [7, 11) is 0. The van der Waals surface area contributed by atoms with Crippen molar-refractivity contribution in [1.29, 1.82) is 0 Å². The first-order valence-electron chi connectivity index (χ1n) is 3.53.